The van der Waals surface area contributed by atoms with E-state index in [0.29, 0.717) is 24.2 Å². The van der Waals surface area contributed by atoms with Crippen LogP contribution in [0.25, 0.3) is 5.52 Å². The zero-order chi connectivity index (χ0) is 22.4. The van der Waals surface area contributed by atoms with Gasteiger partial charge in [0.25, 0.3) is 0 Å². The van der Waals surface area contributed by atoms with Crippen molar-refractivity contribution in [2.75, 3.05) is 42.9 Å². The molecule has 1 unspecified atom stereocenters. The van der Waals surface area contributed by atoms with Crippen molar-refractivity contribution >= 4 is 29.0 Å². The van der Waals surface area contributed by atoms with Gasteiger partial charge in [-0.25, -0.2) is 4.52 Å². The molecule has 0 bridgehead atoms. The molecule has 11 nitrogen and oxygen atoms in total. The molecule has 5 heterocycles. The number of carbonyl (C=O) groups excluding carboxylic acids is 1. The van der Waals surface area contributed by atoms with Gasteiger partial charge in [0.2, 0.25) is 11.9 Å². The van der Waals surface area contributed by atoms with Crippen LogP contribution in [0.2, 0.25) is 0 Å². The number of rotatable bonds is 7. The molecule has 174 valence electrons. The fraction of sp³-hybridized carbons (Fsp3) is 0.545. The van der Waals surface area contributed by atoms with Gasteiger partial charge in [0.1, 0.15) is 11.6 Å². The number of nitrogens with two attached hydrogens (primary N) is 1. The van der Waals surface area contributed by atoms with Crippen LogP contribution in [0.3, 0.4) is 0 Å². The maximum Gasteiger partial charge on any atom is 0.246 e. The number of anilines is 3. The van der Waals surface area contributed by atoms with E-state index in [2.05, 4.69) is 37.9 Å². The van der Waals surface area contributed by atoms with Crippen LogP contribution >= 0.6 is 0 Å². The van der Waals surface area contributed by atoms with Crippen molar-refractivity contribution in [2.45, 2.75) is 44.2 Å². The van der Waals surface area contributed by atoms with E-state index in [0.717, 1.165) is 68.3 Å². The predicted octanol–water partition coefficient (Wildman–Crippen LogP) is 0.933. The van der Waals surface area contributed by atoms with Gasteiger partial charge in [-0.15, -0.1) is 5.10 Å². The molecular weight excluding hydrogens is 420 g/mol. The van der Waals surface area contributed by atoms with E-state index < -0.39 is 0 Å². The molecule has 1 saturated carbocycles. The van der Waals surface area contributed by atoms with Crippen LogP contribution in [0.1, 0.15) is 43.0 Å². The molecule has 6 rings (SSSR count). The molecule has 3 aromatic heterocycles. The molecule has 33 heavy (non-hydrogen) atoms. The Bertz CT molecular complexity index is 1160. The molecule has 2 saturated heterocycles. The lowest BCUT2D eigenvalue weighted by atomic mass is 10.2. The number of piperazine rings is 1. The average molecular weight is 451 g/mol. The van der Waals surface area contributed by atoms with Crippen LogP contribution in [0, 0.1) is 0 Å². The topological polar surface area (TPSA) is 132 Å². The summed E-state index contributed by atoms with van der Waals surface area (Å²) < 4.78 is 1.96. The van der Waals surface area contributed by atoms with E-state index in [1.54, 1.807) is 0 Å². The summed E-state index contributed by atoms with van der Waals surface area (Å²) in [6.45, 7) is 5.51. The summed E-state index contributed by atoms with van der Waals surface area (Å²) in [4.78, 5) is 21.2. The van der Waals surface area contributed by atoms with E-state index in [9.17, 15) is 4.79 Å². The maximum atomic E-state index is 12.1. The quantitative estimate of drug-likeness (QED) is 0.418. The molecule has 0 aromatic carbocycles. The Kier molecular flexibility index (Phi) is 5.14. The van der Waals surface area contributed by atoms with Gasteiger partial charge in [-0.1, -0.05) is 0 Å². The first-order chi connectivity index (χ1) is 16.2. The summed E-state index contributed by atoms with van der Waals surface area (Å²) >= 11 is 0. The Morgan fingerprint density at radius 1 is 1.18 bits per heavy atom. The van der Waals surface area contributed by atoms with E-state index in [-0.39, 0.29) is 11.9 Å². The number of H-pyrrole nitrogens is 1. The highest BCUT2D eigenvalue weighted by Crippen LogP contribution is 2.40. The number of hydrogen-bond donors (Lipinski definition) is 4. The third-order valence-corrected chi connectivity index (χ3v) is 6.87. The van der Waals surface area contributed by atoms with Crippen LogP contribution in [0.5, 0.6) is 0 Å². The SMILES string of the molecule is NC(=O)C1CCCN1c1nc(Nc2cc(C3CC3)[nH]n2)c2ccc(CN3CCNCC3)n2n1. The zero-order valence-corrected chi connectivity index (χ0v) is 18.6. The van der Waals surface area contributed by atoms with E-state index >= 15 is 0 Å². The van der Waals surface area contributed by atoms with E-state index in [4.69, 9.17) is 15.8 Å². The molecule has 1 aliphatic carbocycles. The lowest BCUT2D eigenvalue weighted by molar-refractivity contribution is -0.119. The Hall–Kier alpha value is -3.18. The van der Waals surface area contributed by atoms with Gasteiger partial charge in [0.15, 0.2) is 11.6 Å². The predicted molar refractivity (Wildman–Crippen MR) is 125 cm³/mol. The lowest BCUT2D eigenvalue weighted by Crippen LogP contribution is -2.43. The second-order valence-corrected chi connectivity index (χ2v) is 9.27. The molecule has 0 spiro atoms. The third kappa shape index (κ3) is 4.02. The Labute approximate surface area is 191 Å². The number of aromatic amines is 1. The normalized spacial score (nSPS) is 21.7. The lowest BCUT2D eigenvalue weighted by Gasteiger charge is -2.27. The minimum Gasteiger partial charge on any atom is -0.368 e. The number of fused-ring (bicyclic) bond motifs is 1. The van der Waals surface area contributed by atoms with Gasteiger partial charge < -0.3 is 21.3 Å². The highest BCUT2D eigenvalue weighted by atomic mass is 16.1. The number of hydrogen-bond acceptors (Lipinski definition) is 8. The number of carbonyl (C=O) groups is 1. The van der Waals surface area contributed by atoms with Crippen molar-refractivity contribution in [1.82, 2.24) is 35.0 Å². The highest BCUT2D eigenvalue weighted by Gasteiger charge is 2.32. The molecule has 3 aromatic rings. The molecule has 1 atom stereocenters. The Morgan fingerprint density at radius 3 is 2.82 bits per heavy atom. The van der Waals surface area contributed by atoms with E-state index in [1.807, 2.05) is 15.5 Å². The van der Waals surface area contributed by atoms with Crippen molar-refractivity contribution in [3.8, 4) is 0 Å². The monoisotopic (exact) mass is 450 g/mol. The van der Waals surface area contributed by atoms with Gasteiger partial charge in [0.05, 0.1) is 5.69 Å². The van der Waals surface area contributed by atoms with E-state index in [1.165, 1.54) is 12.8 Å². The van der Waals surface area contributed by atoms with Crippen LogP contribution in [-0.4, -0.2) is 74.4 Å². The van der Waals surface area contributed by atoms with Crippen molar-refractivity contribution in [3.63, 3.8) is 0 Å². The molecule has 3 fully saturated rings. The van der Waals surface area contributed by atoms with Crippen molar-refractivity contribution in [3.05, 3.63) is 29.6 Å². The molecule has 0 radical (unpaired) electrons. The summed E-state index contributed by atoms with van der Waals surface area (Å²) in [6, 6.07) is 5.84. The minimum absolute atomic E-state index is 0.333. The number of amides is 1. The number of primary amides is 1. The molecule has 3 aliphatic rings. The molecule has 11 heteroatoms. The smallest absolute Gasteiger partial charge is 0.246 e. The van der Waals surface area contributed by atoms with Crippen molar-refractivity contribution < 1.29 is 4.79 Å². The first-order valence-electron chi connectivity index (χ1n) is 11.9. The third-order valence-electron chi connectivity index (χ3n) is 6.87. The number of nitrogens with zero attached hydrogens (tertiary/aromatic N) is 6. The van der Waals surface area contributed by atoms with Crippen molar-refractivity contribution in [2.24, 2.45) is 5.73 Å². The van der Waals surface area contributed by atoms with Crippen LogP contribution in [0.4, 0.5) is 17.6 Å². The van der Waals surface area contributed by atoms with Gasteiger partial charge in [-0.05, 0) is 37.8 Å². The highest BCUT2D eigenvalue weighted by molar-refractivity contribution is 5.84. The van der Waals surface area contributed by atoms with Crippen molar-refractivity contribution in [1.29, 1.82) is 0 Å². The molecule has 5 N–H and O–H groups in total. The molecular formula is C22H30N10O. The summed E-state index contributed by atoms with van der Waals surface area (Å²) in [6.07, 6.45) is 4.03. The van der Waals surface area contributed by atoms with Gasteiger partial charge in [-0.3, -0.25) is 14.8 Å². The average Bonchev–Trinajstić information content (AvgIpc) is 3.21. The molecule has 2 aliphatic heterocycles. The standard InChI is InChI=1S/C22H30N10O/c23-20(33)17-2-1-9-31(17)22-26-21(25-19-12-16(27-28-19)14-3-4-14)18-6-5-15(32(18)29-22)13-30-10-7-24-8-11-30/h5-6,12,14,17,24H,1-4,7-11,13H2,(H2,23,33)(H2,25,26,27,28,29). The minimum atomic E-state index is -0.380. The Balaban J connectivity index is 1.38. The first-order valence-corrected chi connectivity index (χ1v) is 11.9. The summed E-state index contributed by atoms with van der Waals surface area (Å²) in [5.74, 6) is 2.19. The number of nitrogens with one attached hydrogen (secondary N) is 3. The largest absolute Gasteiger partial charge is 0.368 e. The maximum absolute atomic E-state index is 12.1. The number of aromatic nitrogens is 5. The van der Waals surface area contributed by atoms with Crippen LogP contribution in [-0.2, 0) is 11.3 Å². The summed E-state index contributed by atoms with van der Waals surface area (Å²) in [7, 11) is 0. The fourth-order valence-electron chi connectivity index (χ4n) is 4.90. The second kappa shape index (κ2) is 8.31. The van der Waals surface area contributed by atoms with Gasteiger partial charge in [0, 0.05) is 56.9 Å². The fourth-order valence-corrected chi connectivity index (χ4v) is 4.90. The summed E-state index contributed by atoms with van der Waals surface area (Å²) in [5.41, 5.74) is 8.82. The first kappa shape index (κ1) is 20.4. The summed E-state index contributed by atoms with van der Waals surface area (Å²) in [5, 5.41) is 19.2. The Morgan fingerprint density at radius 2 is 2.03 bits per heavy atom. The van der Waals surface area contributed by atoms with Gasteiger partial charge in [-0.2, -0.15) is 10.1 Å². The van der Waals surface area contributed by atoms with Crippen LogP contribution < -0.4 is 21.3 Å². The van der Waals surface area contributed by atoms with Gasteiger partial charge >= 0.3 is 0 Å². The van der Waals surface area contributed by atoms with Crippen LogP contribution in [0.15, 0.2) is 18.2 Å². The molecule has 1 amide bonds. The zero-order valence-electron chi connectivity index (χ0n) is 18.6. The second-order valence-electron chi connectivity index (χ2n) is 9.27.